The first-order valence-corrected chi connectivity index (χ1v) is 4.52. The third-order valence-corrected chi connectivity index (χ3v) is 0. The summed E-state index contributed by atoms with van der Waals surface area (Å²) < 4.78 is 17.4. The van der Waals surface area contributed by atoms with Gasteiger partial charge in [-0.3, -0.25) is 0 Å². The largest absolute Gasteiger partial charge is 1.00 e. The molecule has 0 aromatic carbocycles. The van der Waals surface area contributed by atoms with E-state index < -0.39 is 16.5 Å². The number of aliphatic hydroxyl groups is 1. The van der Waals surface area contributed by atoms with E-state index in [1.54, 1.807) is 6.92 Å². The Bertz CT molecular complexity index is 109. The molecule has 0 atom stereocenters. The zero-order valence-corrected chi connectivity index (χ0v) is 19.4. The number of aliphatic hydroxyl groups excluding tert-OH is 1. The topological polar surface area (TPSA) is 135 Å². The molecule has 0 aliphatic rings. The van der Waals surface area contributed by atoms with Crippen molar-refractivity contribution in [3.63, 3.8) is 0 Å². The number of rotatable bonds is 0. The summed E-state index contributed by atoms with van der Waals surface area (Å²) in [5.41, 5.74) is 0. The van der Waals surface area contributed by atoms with Crippen LogP contribution in [0.1, 0.15) is 12.6 Å². The van der Waals surface area contributed by atoms with Gasteiger partial charge in [-0.2, -0.15) is 0 Å². The van der Waals surface area contributed by atoms with Crippen molar-refractivity contribution >= 4 is 16.5 Å². The summed E-state index contributed by atoms with van der Waals surface area (Å²) in [6.45, 7) is 1.93. The van der Waals surface area contributed by atoms with Crippen molar-refractivity contribution < 1.29 is 158 Å². The van der Waals surface area contributed by atoms with Crippen LogP contribution in [0.2, 0.25) is 0 Å². The fourth-order valence-corrected chi connectivity index (χ4v) is 0. The van der Waals surface area contributed by atoms with Crippen LogP contribution in [-0.4, -0.2) is 31.3 Å². The van der Waals surface area contributed by atoms with Crippen molar-refractivity contribution in [1.82, 2.24) is 0 Å². The molecule has 76 valence electrons. The second kappa shape index (κ2) is 43.0. The fraction of sp³-hybridized carbons (Fsp3) is 1.00. The Balaban J connectivity index is -0.00000000467. The number of hydrogen-bond donors (Lipinski definition) is 5. The summed E-state index contributed by atoms with van der Waals surface area (Å²) in [5, 5.41) is 7.57. The molecule has 0 heterocycles. The van der Waals surface area contributed by atoms with Gasteiger partial charge in [0.25, 0.3) is 0 Å². The van der Waals surface area contributed by atoms with Crippen LogP contribution in [0.15, 0.2) is 0 Å². The van der Waals surface area contributed by atoms with Crippen molar-refractivity contribution in [1.29, 1.82) is 0 Å². The van der Waals surface area contributed by atoms with Gasteiger partial charge in [0.2, 0.25) is 0 Å². The van der Waals surface area contributed by atoms with Gasteiger partial charge in [-0.1, -0.05) is 0 Å². The molecule has 0 unspecified atom stereocenters. The second-order valence-corrected chi connectivity index (χ2v) is 1.83. The Morgan fingerprint density at radius 3 is 0.867 bits per heavy atom. The minimum Gasteiger partial charge on any atom is -1.00 e. The van der Waals surface area contributed by atoms with Crippen LogP contribution >= 0.6 is 16.5 Å². The SMILES string of the molecule is CCO.O=[P+](O)O.O=[P+](O)O.[H-].[H-].[H-].[H-].[Na+].[Na+].[Na+].[Na+]. The maximum absolute atomic E-state index is 8.70. The standard InChI is InChI=1S/C2H6O.4Na.2HO3P.4H/c1-2-3;;;;;2*1-4(2)3;;;;/h3H,2H2,1H3;;;;;2*(H-,1,2,3);;;;/q;4*+1;;;4*-1/p+2. The first kappa shape index (κ1) is 42.8. The average Bonchev–Trinajstić information content (AvgIpc) is 1.60. The normalized spacial score (nSPS) is 4.67. The van der Waals surface area contributed by atoms with Gasteiger partial charge in [0, 0.05) is 15.7 Å². The van der Waals surface area contributed by atoms with Crippen molar-refractivity contribution in [2.45, 2.75) is 6.92 Å². The first-order valence-electron chi connectivity index (χ1n) is 2.19. The average molecular weight is 304 g/mol. The van der Waals surface area contributed by atoms with Crippen molar-refractivity contribution in [2.24, 2.45) is 0 Å². The first-order chi connectivity index (χ1) is 4.88. The molecule has 0 amide bonds. The molecule has 0 radical (unpaired) electrons. The molecule has 0 fully saturated rings. The molecule has 5 N–H and O–H groups in total. The predicted molar refractivity (Wildman–Crippen MR) is 41.3 cm³/mol. The summed E-state index contributed by atoms with van der Waals surface area (Å²) in [7, 11) is -5.74. The molecule has 0 aliphatic heterocycles. The monoisotopic (exact) mass is 304 g/mol. The molecule has 13 heteroatoms. The van der Waals surface area contributed by atoms with E-state index in [-0.39, 0.29) is 131 Å². The Labute approximate surface area is 184 Å². The zero-order valence-electron chi connectivity index (χ0n) is 13.7. The van der Waals surface area contributed by atoms with E-state index in [1.165, 1.54) is 0 Å². The quantitative estimate of drug-likeness (QED) is 0.221. The van der Waals surface area contributed by atoms with E-state index in [4.69, 9.17) is 33.8 Å². The minimum absolute atomic E-state index is 0. The summed E-state index contributed by atoms with van der Waals surface area (Å²) in [6.07, 6.45) is 0. The zero-order chi connectivity index (χ0) is 9.86. The van der Waals surface area contributed by atoms with E-state index in [1.807, 2.05) is 0 Å². The van der Waals surface area contributed by atoms with Gasteiger partial charge < -0.3 is 10.8 Å². The molecular weight excluding hydrogens is 290 g/mol. The summed E-state index contributed by atoms with van der Waals surface area (Å²) in [6, 6.07) is 0. The van der Waals surface area contributed by atoms with Gasteiger partial charge in [0.15, 0.2) is 0 Å². The van der Waals surface area contributed by atoms with E-state index in [0.29, 0.717) is 0 Å². The van der Waals surface area contributed by atoms with Gasteiger partial charge in [-0.05, 0) is 6.92 Å². The van der Waals surface area contributed by atoms with Gasteiger partial charge in [0.05, 0.1) is 0 Å². The molecule has 0 bridgehead atoms. The molecule has 0 spiro atoms. The fourth-order valence-electron chi connectivity index (χ4n) is 0. The maximum atomic E-state index is 8.70. The molecular formula is C2H14Na4O7P2+2. The molecule has 15 heavy (non-hydrogen) atoms. The third kappa shape index (κ3) is 288. The molecule has 0 saturated heterocycles. The Kier molecular flexibility index (Phi) is 123. The second-order valence-electron chi connectivity index (χ2n) is 0.822. The molecule has 7 nitrogen and oxygen atoms in total. The van der Waals surface area contributed by atoms with E-state index in [0.717, 1.165) is 0 Å². The minimum atomic E-state index is -2.87. The Morgan fingerprint density at radius 2 is 0.867 bits per heavy atom. The van der Waals surface area contributed by atoms with Crippen LogP contribution in [0.25, 0.3) is 0 Å². The van der Waals surface area contributed by atoms with Crippen LogP contribution in [0.5, 0.6) is 0 Å². The van der Waals surface area contributed by atoms with E-state index in [2.05, 4.69) is 0 Å². The number of hydrogen-bond acceptors (Lipinski definition) is 3. The predicted octanol–water partition coefficient (Wildman–Crippen LogP) is -12.3. The van der Waals surface area contributed by atoms with Crippen LogP contribution in [0, 0.1) is 0 Å². The van der Waals surface area contributed by atoms with Crippen LogP contribution in [0.4, 0.5) is 0 Å². The van der Waals surface area contributed by atoms with Gasteiger partial charge >= 0.3 is 135 Å². The summed E-state index contributed by atoms with van der Waals surface area (Å²) >= 11 is 0. The Hall–Kier alpha value is 4.00. The van der Waals surface area contributed by atoms with Gasteiger partial charge in [-0.15, -0.1) is 19.6 Å². The molecule has 0 aromatic rings. The van der Waals surface area contributed by atoms with Gasteiger partial charge in [0.1, 0.15) is 0 Å². The summed E-state index contributed by atoms with van der Waals surface area (Å²) in [4.78, 5) is 28.5. The third-order valence-electron chi connectivity index (χ3n) is 0. The molecule has 0 saturated carbocycles. The van der Waals surface area contributed by atoms with Crippen molar-refractivity contribution in [3.8, 4) is 0 Å². The maximum Gasteiger partial charge on any atom is 1.00 e. The smallest absolute Gasteiger partial charge is 1.00 e. The van der Waals surface area contributed by atoms with Gasteiger partial charge in [-0.25, -0.2) is 0 Å². The van der Waals surface area contributed by atoms with Crippen molar-refractivity contribution in [3.05, 3.63) is 0 Å². The van der Waals surface area contributed by atoms with E-state index >= 15 is 0 Å². The summed E-state index contributed by atoms with van der Waals surface area (Å²) in [5.74, 6) is 0. The molecule has 0 rings (SSSR count). The van der Waals surface area contributed by atoms with Crippen molar-refractivity contribution in [2.75, 3.05) is 6.61 Å². The van der Waals surface area contributed by atoms with E-state index in [9.17, 15) is 0 Å². The Morgan fingerprint density at radius 1 is 0.867 bits per heavy atom. The molecule has 0 aliphatic carbocycles. The van der Waals surface area contributed by atoms with Crippen LogP contribution in [-0.2, 0) is 9.13 Å². The molecule has 0 aromatic heterocycles. The van der Waals surface area contributed by atoms with Crippen LogP contribution < -0.4 is 118 Å². The van der Waals surface area contributed by atoms with Crippen LogP contribution in [0.3, 0.4) is 0 Å².